The zero-order valence-corrected chi connectivity index (χ0v) is 13.5. The number of hydrogen-bond donors (Lipinski definition) is 1. The van der Waals surface area contributed by atoms with Gasteiger partial charge in [0.2, 0.25) is 5.88 Å². The van der Waals surface area contributed by atoms with E-state index in [0.717, 1.165) is 5.41 Å². The molecule has 2 aromatic rings. The normalized spacial score (nSPS) is 11.0. The topological polar surface area (TPSA) is 81.2 Å². The molecule has 6 nitrogen and oxygen atoms in total. The number of nitrogens with zero attached hydrogens (tertiary/aromatic N) is 2. The molecule has 1 heterocycles. The van der Waals surface area contributed by atoms with Crippen LogP contribution in [-0.2, 0) is 16.6 Å². The van der Waals surface area contributed by atoms with E-state index in [1.54, 1.807) is 18.2 Å². The first kappa shape index (κ1) is 16.5. The summed E-state index contributed by atoms with van der Waals surface area (Å²) in [6, 6.07) is 5.13. The van der Waals surface area contributed by atoms with Crippen LogP contribution in [0.5, 0.6) is 5.88 Å². The smallest absolute Gasteiger partial charge is 0.255 e. The molecule has 0 saturated carbocycles. The molecule has 1 aromatic heterocycles. The molecule has 1 aromatic carbocycles. The Bertz CT molecular complexity index is 759. The minimum absolute atomic E-state index is 0.0584. The number of nitrogens with one attached hydrogen (secondary N) is 1. The largest absolute Gasteiger partial charge is 0.472 e. The second-order valence-corrected chi connectivity index (χ2v) is 6.48. The molecule has 0 bridgehead atoms. The van der Waals surface area contributed by atoms with Gasteiger partial charge in [0, 0.05) is 21.0 Å². The van der Waals surface area contributed by atoms with Crippen LogP contribution >= 0.6 is 23.2 Å². The molecule has 0 atom stereocenters. The Balaban J connectivity index is 2.04. The third kappa shape index (κ3) is 4.33. The van der Waals surface area contributed by atoms with E-state index in [2.05, 4.69) is 21.3 Å². The van der Waals surface area contributed by atoms with Crippen LogP contribution in [0.25, 0.3) is 0 Å². The molecule has 0 aliphatic rings. The average Bonchev–Trinajstić information content (AvgIpc) is 2.48. The Labute approximate surface area is 137 Å². The first-order chi connectivity index (χ1) is 10.4. The molecule has 22 heavy (non-hydrogen) atoms. The van der Waals surface area contributed by atoms with Crippen LogP contribution in [0.15, 0.2) is 42.6 Å². The average molecular weight is 360 g/mol. The van der Waals surface area contributed by atoms with E-state index in [9.17, 15) is 8.42 Å². The van der Waals surface area contributed by atoms with Crippen molar-refractivity contribution < 1.29 is 13.2 Å². The summed E-state index contributed by atoms with van der Waals surface area (Å²) in [4.78, 5) is 7.82. The standard InChI is InChI=1S/C13H11Cl2N3O3S/c1-2-22(19,20)18-12-6-17-13(7-16-12)21-8-9-10(14)4-3-5-11(9)15/h2-7H,1,8H2,(H,16,18). The van der Waals surface area contributed by atoms with E-state index in [1.165, 1.54) is 12.4 Å². The van der Waals surface area contributed by atoms with Gasteiger partial charge in [0.05, 0.1) is 12.4 Å². The van der Waals surface area contributed by atoms with E-state index in [1.807, 2.05) is 0 Å². The predicted molar refractivity (Wildman–Crippen MR) is 85.6 cm³/mol. The zero-order chi connectivity index (χ0) is 16.2. The van der Waals surface area contributed by atoms with Crippen molar-refractivity contribution in [1.29, 1.82) is 0 Å². The molecule has 116 valence electrons. The van der Waals surface area contributed by atoms with Gasteiger partial charge in [-0.05, 0) is 12.1 Å². The Morgan fingerprint density at radius 2 is 1.91 bits per heavy atom. The van der Waals surface area contributed by atoms with Gasteiger partial charge in [0.1, 0.15) is 6.61 Å². The molecule has 0 radical (unpaired) electrons. The molecule has 0 unspecified atom stereocenters. The fourth-order valence-electron chi connectivity index (χ4n) is 1.45. The van der Waals surface area contributed by atoms with Crippen molar-refractivity contribution in [1.82, 2.24) is 9.97 Å². The minimum atomic E-state index is -3.62. The summed E-state index contributed by atoms with van der Waals surface area (Å²) in [6.45, 7) is 3.29. The number of rotatable bonds is 6. The van der Waals surface area contributed by atoms with Gasteiger partial charge >= 0.3 is 0 Å². The summed E-state index contributed by atoms with van der Waals surface area (Å²) in [5.74, 6) is 0.264. The highest BCUT2D eigenvalue weighted by Crippen LogP contribution is 2.25. The Kier molecular flexibility index (Phi) is 5.23. The summed E-state index contributed by atoms with van der Waals surface area (Å²) < 4.78 is 30.2. The van der Waals surface area contributed by atoms with E-state index in [0.29, 0.717) is 15.6 Å². The van der Waals surface area contributed by atoms with Gasteiger partial charge in [0.15, 0.2) is 5.82 Å². The van der Waals surface area contributed by atoms with E-state index in [-0.39, 0.29) is 18.3 Å². The van der Waals surface area contributed by atoms with E-state index < -0.39 is 10.0 Å². The van der Waals surface area contributed by atoms with Crippen molar-refractivity contribution in [2.24, 2.45) is 0 Å². The maximum Gasteiger partial charge on any atom is 0.255 e. The predicted octanol–water partition coefficient (Wildman–Crippen LogP) is 3.25. The molecular formula is C13H11Cl2N3O3S. The summed E-state index contributed by atoms with van der Waals surface area (Å²) >= 11 is 12.0. The van der Waals surface area contributed by atoms with E-state index >= 15 is 0 Å². The number of aromatic nitrogens is 2. The molecule has 0 fully saturated rings. The maximum atomic E-state index is 11.3. The highest BCUT2D eigenvalue weighted by Gasteiger charge is 2.08. The van der Waals surface area contributed by atoms with Crippen LogP contribution in [0.3, 0.4) is 0 Å². The van der Waals surface area contributed by atoms with Crippen LogP contribution in [0, 0.1) is 0 Å². The summed E-state index contributed by atoms with van der Waals surface area (Å²) in [7, 11) is -3.62. The first-order valence-electron chi connectivity index (χ1n) is 5.94. The molecular weight excluding hydrogens is 349 g/mol. The second-order valence-electron chi connectivity index (χ2n) is 4.04. The Hall–Kier alpha value is -1.83. The molecule has 9 heteroatoms. The lowest BCUT2D eigenvalue weighted by Gasteiger charge is -2.09. The van der Waals surface area contributed by atoms with Crippen LogP contribution in [-0.4, -0.2) is 18.4 Å². The van der Waals surface area contributed by atoms with Crippen molar-refractivity contribution in [3.63, 3.8) is 0 Å². The Morgan fingerprint density at radius 3 is 2.45 bits per heavy atom. The molecule has 0 aliphatic heterocycles. The summed E-state index contributed by atoms with van der Waals surface area (Å²) in [5, 5.41) is 1.74. The van der Waals surface area contributed by atoms with Crippen molar-refractivity contribution in [2.75, 3.05) is 4.72 Å². The van der Waals surface area contributed by atoms with Gasteiger partial charge in [0.25, 0.3) is 10.0 Å². The van der Waals surface area contributed by atoms with Crippen LogP contribution < -0.4 is 9.46 Å². The fourth-order valence-corrected chi connectivity index (χ4v) is 2.43. The van der Waals surface area contributed by atoms with E-state index in [4.69, 9.17) is 27.9 Å². The lowest BCUT2D eigenvalue weighted by atomic mass is 10.2. The van der Waals surface area contributed by atoms with Gasteiger partial charge in [-0.15, -0.1) is 0 Å². The third-order valence-electron chi connectivity index (χ3n) is 2.52. The van der Waals surface area contributed by atoms with Crippen LogP contribution in [0.1, 0.15) is 5.56 Å². The molecule has 0 spiro atoms. The monoisotopic (exact) mass is 359 g/mol. The zero-order valence-electron chi connectivity index (χ0n) is 11.2. The Morgan fingerprint density at radius 1 is 1.23 bits per heavy atom. The number of benzene rings is 1. The molecule has 1 N–H and O–H groups in total. The van der Waals surface area contributed by atoms with Gasteiger partial charge < -0.3 is 4.74 Å². The maximum absolute atomic E-state index is 11.3. The summed E-state index contributed by atoms with van der Waals surface area (Å²) in [5.41, 5.74) is 0.629. The number of anilines is 1. The van der Waals surface area contributed by atoms with Gasteiger partial charge in [-0.3, -0.25) is 4.72 Å². The quantitative estimate of drug-likeness (QED) is 0.855. The van der Waals surface area contributed by atoms with Gasteiger partial charge in [-0.2, -0.15) is 0 Å². The van der Waals surface area contributed by atoms with Crippen LogP contribution in [0.4, 0.5) is 5.82 Å². The van der Waals surface area contributed by atoms with Crippen molar-refractivity contribution in [3.05, 3.63) is 58.2 Å². The summed E-state index contributed by atoms with van der Waals surface area (Å²) in [6.07, 6.45) is 2.51. The van der Waals surface area contributed by atoms with Crippen molar-refractivity contribution >= 4 is 39.0 Å². The lowest BCUT2D eigenvalue weighted by Crippen LogP contribution is -2.10. The SMILES string of the molecule is C=CS(=O)(=O)Nc1cnc(OCc2c(Cl)cccc2Cl)cn1. The van der Waals surface area contributed by atoms with Crippen molar-refractivity contribution in [3.8, 4) is 5.88 Å². The minimum Gasteiger partial charge on any atom is -0.472 e. The molecule has 0 saturated heterocycles. The molecule has 0 amide bonds. The molecule has 2 rings (SSSR count). The first-order valence-corrected chi connectivity index (χ1v) is 8.24. The van der Waals surface area contributed by atoms with Gasteiger partial charge in [-0.25, -0.2) is 18.4 Å². The number of hydrogen-bond acceptors (Lipinski definition) is 5. The van der Waals surface area contributed by atoms with Crippen molar-refractivity contribution in [2.45, 2.75) is 6.61 Å². The highest BCUT2D eigenvalue weighted by atomic mass is 35.5. The second kappa shape index (κ2) is 6.95. The number of halogens is 2. The highest BCUT2D eigenvalue weighted by molar-refractivity contribution is 7.95. The lowest BCUT2D eigenvalue weighted by molar-refractivity contribution is 0.293. The van der Waals surface area contributed by atoms with Gasteiger partial charge in [-0.1, -0.05) is 35.8 Å². The number of ether oxygens (including phenoxy) is 1. The van der Waals surface area contributed by atoms with Crippen LogP contribution in [0.2, 0.25) is 10.0 Å². The number of sulfonamides is 1. The molecule has 0 aliphatic carbocycles. The third-order valence-corrected chi connectivity index (χ3v) is 4.16. The fraction of sp³-hybridized carbons (Fsp3) is 0.0769.